The Hall–Kier alpha value is -2.07. The molecule has 0 amide bonds. The first-order valence-corrected chi connectivity index (χ1v) is 5.32. The highest BCUT2D eigenvalue weighted by atomic mass is 14.8. The molecular formula is C12H14N4. The minimum absolute atomic E-state index is 0.133. The molecule has 0 radical (unpaired) electrons. The van der Waals surface area contributed by atoms with Gasteiger partial charge in [-0.2, -0.15) is 10.5 Å². The number of nitrogens with zero attached hydrogens (tertiary/aromatic N) is 3. The van der Waals surface area contributed by atoms with E-state index in [0.29, 0.717) is 11.4 Å². The van der Waals surface area contributed by atoms with E-state index in [4.69, 9.17) is 16.3 Å². The van der Waals surface area contributed by atoms with Crippen molar-refractivity contribution in [2.24, 2.45) is 0 Å². The summed E-state index contributed by atoms with van der Waals surface area (Å²) in [5.41, 5.74) is 6.93. The molecular weight excluding hydrogens is 200 g/mol. The molecule has 0 spiro atoms. The van der Waals surface area contributed by atoms with Gasteiger partial charge in [0.15, 0.2) is 5.69 Å². The maximum atomic E-state index is 9.00. The summed E-state index contributed by atoms with van der Waals surface area (Å²) < 4.78 is 0. The number of anilines is 1. The number of nitrogen functional groups attached to an aromatic ring is 1. The summed E-state index contributed by atoms with van der Waals surface area (Å²) in [5.74, 6) is 0.307. The molecule has 82 valence electrons. The Morgan fingerprint density at radius 1 is 1.31 bits per heavy atom. The molecule has 16 heavy (non-hydrogen) atoms. The van der Waals surface area contributed by atoms with Gasteiger partial charge in [-0.3, -0.25) is 0 Å². The first kappa shape index (κ1) is 12.0. The number of unbranched alkanes of at least 4 members (excludes halogenated alkanes) is 2. The third-order valence-electron chi connectivity index (χ3n) is 2.39. The third kappa shape index (κ3) is 2.71. The van der Waals surface area contributed by atoms with Crippen LogP contribution >= 0.6 is 0 Å². The second-order valence-corrected chi connectivity index (χ2v) is 3.61. The first-order valence-electron chi connectivity index (χ1n) is 5.32. The van der Waals surface area contributed by atoms with Gasteiger partial charge in [0.05, 0.1) is 5.56 Å². The minimum Gasteiger partial charge on any atom is -0.384 e. The average molecular weight is 214 g/mol. The second-order valence-electron chi connectivity index (χ2n) is 3.61. The van der Waals surface area contributed by atoms with Crippen molar-refractivity contribution in [2.45, 2.75) is 32.6 Å². The highest BCUT2D eigenvalue weighted by Gasteiger charge is 2.10. The van der Waals surface area contributed by atoms with Gasteiger partial charge in [-0.05, 0) is 24.5 Å². The van der Waals surface area contributed by atoms with Gasteiger partial charge in [0.2, 0.25) is 0 Å². The predicted molar refractivity (Wildman–Crippen MR) is 61.3 cm³/mol. The van der Waals surface area contributed by atoms with Crippen LogP contribution in [0.15, 0.2) is 6.07 Å². The van der Waals surface area contributed by atoms with E-state index in [2.05, 4.69) is 11.9 Å². The Bertz CT molecular complexity index is 451. The molecule has 0 fully saturated rings. The van der Waals surface area contributed by atoms with Gasteiger partial charge in [-0.25, -0.2) is 4.98 Å². The lowest BCUT2D eigenvalue weighted by atomic mass is 10.0. The van der Waals surface area contributed by atoms with Crippen LogP contribution in [-0.2, 0) is 6.42 Å². The van der Waals surface area contributed by atoms with Crippen LogP contribution < -0.4 is 5.73 Å². The Morgan fingerprint density at radius 3 is 2.62 bits per heavy atom. The van der Waals surface area contributed by atoms with Crippen molar-refractivity contribution in [3.05, 3.63) is 22.9 Å². The summed E-state index contributed by atoms with van der Waals surface area (Å²) in [6.45, 7) is 2.12. The molecule has 0 aliphatic heterocycles. The molecule has 0 aliphatic rings. The Labute approximate surface area is 95.3 Å². The largest absolute Gasteiger partial charge is 0.384 e. The van der Waals surface area contributed by atoms with Gasteiger partial charge < -0.3 is 5.73 Å². The molecule has 4 heteroatoms. The lowest BCUT2D eigenvalue weighted by molar-refractivity contribution is 0.716. The van der Waals surface area contributed by atoms with Crippen LogP contribution in [0.4, 0.5) is 5.82 Å². The molecule has 0 atom stereocenters. The van der Waals surface area contributed by atoms with Crippen LogP contribution in [0.25, 0.3) is 0 Å². The number of aryl methyl sites for hydroxylation is 1. The molecule has 1 heterocycles. The summed E-state index contributed by atoms with van der Waals surface area (Å²) in [4.78, 5) is 3.85. The summed E-state index contributed by atoms with van der Waals surface area (Å²) in [5, 5.41) is 17.8. The van der Waals surface area contributed by atoms with Crippen LogP contribution in [0.1, 0.15) is 43.0 Å². The van der Waals surface area contributed by atoms with E-state index >= 15 is 0 Å². The van der Waals surface area contributed by atoms with Crippen molar-refractivity contribution < 1.29 is 0 Å². The van der Waals surface area contributed by atoms with Crippen LogP contribution in [0.3, 0.4) is 0 Å². The Morgan fingerprint density at radius 2 is 2.06 bits per heavy atom. The van der Waals surface area contributed by atoms with Crippen molar-refractivity contribution >= 4 is 5.82 Å². The maximum absolute atomic E-state index is 9.00. The second kappa shape index (κ2) is 5.72. The zero-order valence-corrected chi connectivity index (χ0v) is 9.32. The maximum Gasteiger partial charge on any atom is 0.160 e. The lowest BCUT2D eigenvalue weighted by Crippen LogP contribution is -2.01. The first-order chi connectivity index (χ1) is 7.72. The van der Waals surface area contributed by atoms with E-state index in [9.17, 15) is 0 Å². The van der Waals surface area contributed by atoms with E-state index in [-0.39, 0.29) is 5.69 Å². The Kier molecular flexibility index (Phi) is 4.29. The fourth-order valence-corrected chi connectivity index (χ4v) is 1.59. The minimum atomic E-state index is 0.133. The number of pyridine rings is 1. The number of aromatic nitrogens is 1. The van der Waals surface area contributed by atoms with E-state index in [0.717, 1.165) is 31.2 Å². The predicted octanol–water partition coefficient (Wildman–Crippen LogP) is 2.14. The molecule has 0 bridgehead atoms. The lowest BCUT2D eigenvalue weighted by Gasteiger charge is -2.05. The zero-order chi connectivity index (χ0) is 12.0. The molecule has 0 saturated carbocycles. The van der Waals surface area contributed by atoms with Crippen molar-refractivity contribution in [2.75, 3.05) is 5.73 Å². The van der Waals surface area contributed by atoms with Crippen molar-refractivity contribution in [3.8, 4) is 12.1 Å². The van der Waals surface area contributed by atoms with Gasteiger partial charge >= 0.3 is 0 Å². The van der Waals surface area contributed by atoms with Crippen LogP contribution in [0.5, 0.6) is 0 Å². The van der Waals surface area contributed by atoms with Crippen LogP contribution in [-0.4, -0.2) is 4.98 Å². The average Bonchev–Trinajstić information content (AvgIpc) is 2.28. The normalized spacial score (nSPS) is 9.44. The number of nitrogens with two attached hydrogens (primary N) is 1. The van der Waals surface area contributed by atoms with Crippen molar-refractivity contribution in [1.29, 1.82) is 10.5 Å². The van der Waals surface area contributed by atoms with Crippen LogP contribution in [0.2, 0.25) is 0 Å². The highest BCUT2D eigenvalue weighted by molar-refractivity contribution is 5.51. The molecule has 1 aromatic heterocycles. The van der Waals surface area contributed by atoms with Gasteiger partial charge in [0.1, 0.15) is 18.0 Å². The smallest absolute Gasteiger partial charge is 0.160 e. The molecule has 2 N–H and O–H groups in total. The summed E-state index contributed by atoms with van der Waals surface area (Å²) >= 11 is 0. The molecule has 4 nitrogen and oxygen atoms in total. The van der Waals surface area contributed by atoms with E-state index in [1.165, 1.54) is 0 Å². The summed E-state index contributed by atoms with van der Waals surface area (Å²) in [6, 6.07) is 5.62. The fraction of sp³-hybridized carbons (Fsp3) is 0.417. The van der Waals surface area contributed by atoms with Crippen LogP contribution in [0, 0.1) is 22.7 Å². The molecule has 0 unspecified atom stereocenters. The molecule has 1 aromatic rings. The number of hydrogen-bond acceptors (Lipinski definition) is 4. The number of nitriles is 2. The SMILES string of the molecule is CCCCCc1cc(N)nc(C#N)c1C#N. The van der Waals surface area contributed by atoms with Gasteiger partial charge in [0, 0.05) is 0 Å². The highest BCUT2D eigenvalue weighted by Crippen LogP contribution is 2.17. The fourth-order valence-electron chi connectivity index (χ4n) is 1.59. The quantitative estimate of drug-likeness (QED) is 0.778. The number of hydrogen-bond donors (Lipinski definition) is 1. The molecule has 0 saturated heterocycles. The molecule has 1 rings (SSSR count). The van der Waals surface area contributed by atoms with E-state index < -0.39 is 0 Å². The standard InChI is InChI=1S/C12H14N4/c1-2-3-4-5-9-6-12(15)16-11(8-14)10(9)7-13/h6H,2-5H2,1H3,(H2,15,16). The van der Waals surface area contributed by atoms with Gasteiger partial charge in [0.25, 0.3) is 0 Å². The summed E-state index contributed by atoms with van der Waals surface area (Å²) in [6.07, 6.45) is 4.00. The van der Waals surface area contributed by atoms with E-state index in [1.54, 1.807) is 6.07 Å². The molecule has 0 aliphatic carbocycles. The summed E-state index contributed by atoms with van der Waals surface area (Å²) in [7, 11) is 0. The monoisotopic (exact) mass is 214 g/mol. The van der Waals surface area contributed by atoms with Gasteiger partial charge in [-0.1, -0.05) is 19.8 Å². The van der Waals surface area contributed by atoms with Crippen molar-refractivity contribution in [1.82, 2.24) is 4.98 Å². The molecule has 0 aromatic carbocycles. The Balaban J connectivity index is 3.03. The number of rotatable bonds is 4. The van der Waals surface area contributed by atoms with Crippen molar-refractivity contribution in [3.63, 3.8) is 0 Å². The third-order valence-corrected chi connectivity index (χ3v) is 2.39. The topological polar surface area (TPSA) is 86.5 Å². The van der Waals surface area contributed by atoms with E-state index in [1.807, 2.05) is 12.1 Å². The zero-order valence-electron chi connectivity index (χ0n) is 9.32. The van der Waals surface area contributed by atoms with Gasteiger partial charge in [-0.15, -0.1) is 0 Å².